The van der Waals surface area contributed by atoms with Crippen molar-refractivity contribution in [1.29, 1.82) is 0 Å². The van der Waals surface area contributed by atoms with Gasteiger partial charge in [0.15, 0.2) is 0 Å². The molecular weight excluding hydrogens is 340 g/mol. The second kappa shape index (κ2) is 6.87. The third-order valence-electron chi connectivity index (χ3n) is 5.02. The summed E-state index contributed by atoms with van der Waals surface area (Å²) in [6.45, 7) is 4.82. The largest absolute Gasteiger partial charge is 0.343 e. The predicted molar refractivity (Wildman–Crippen MR) is 106 cm³/mol. The third-order valence-corrected chi connectivity index (χ3v) is 5.02. The van der Waals surface area contributed by atoms with Gasteiger partial charge in [0.05, 0.1) is 23.1 Å². The molecule has 1 unspecified atom stereocenters. The van der Waals surface area contributed by atoms with Crippen LogP contribution in [0.5, 0.6) is 0 Å². The lowest BCUT2D eigenvalue weighted by Crippen LogP contribution is -2.35. The maximum Gasteiger partial charge on any atom is 0.256 e. The van der Waals surface area contributed by atoms with Gasteiger partial charge in [-0.05, 0) is 43.2 Å². The van der Waals surface area contributed by atoms with Gasteiger partial charge in [0.2, 0.25) is 11.9 Å². The number of aryl methyl sites for hydroxylation is 2. The van der Waals surface area contributed by atoms with Crippen molar-refractivity contribution < 1.29 is 9.59 Å². The molecule has 1 aliphatic heterocycles. The Morgan fingerprint density at radius 1 is 1.07 bits per heavy atom. The lowest BCUT2D eigenvalue weighted by atomic mass is 10.1. The van der Waals surface area contributed by atoms with Crippen molar-refractivity contribution in [2.24, 2.45) is 0 Å². The molecule has 138 valence electrons. The van der Waals surface area contributed by atoms with Crippen LogP contribution in [-0.4, -0.2) is 27.4 Å². The average molecular weight is 362 g/mol. The fraction of sp³-hybridized carbons (Fsp3) is 0.286. The van der Waals surface area contributed by atoms with Crippen LogP contribution in [0.15, 0.2) is 48.5 Å². The zero-order valence-corrected chi connectivity index (χ0v) is 15.5. The first-order chi connectivity index (χ1) is 13.1. The number of fused-ring (bicyclic) bond motifs is 1. The number of imidazole rings is 1. The fourth-order valence-corrected chi connectivity index (χ4v) is 3.56. The highest BCUT2D eigenvalue weighted by molar-refractivity contribution is 6.23. The summed E-state index contributed by atoms with van der Waals surface area (Å²) in [5.41, 5.74) is 3.66. The lowest BCUT2D eigenvalue weighted by Gasteiger charge is -2.16. The summed E-state index contributed by atoms with van der Waals surface area (Å²) >= 11 is 0. The molecule has 0 aliphatic carbocycles. The van der Waals surface area contributed by atoms with E-state index in [2.05, 4.69) is 17.2 Å². The number of carbonyl (C=O) groups is 2. The maximum absolute atomic E-state index is 12.9. The van der Waals surface area contributed by atoms with E-state index in [1.165, 1.54) is 10.5 Å². The van der Waals surface area contributed by atoms with Crippen molar-refractivity contribution in [3.63, 3.8) is 0 Å². The smallest absolute Gasteiger partial charge is 0.256 e. The number of benzene rings is 2. The number of para-hydroxylation sites is 2. The molecule has 0 saturated carbocycles. The van der Waals surface area contributed by atoms with E-state index < -0.39 is 6.04 Å². The van der Waals surface area contributed by atoms with Crippen LogP contribution < -0.4 is 10.2 Å². The van der Waals surface area contributed by atoms with E-state index in [1.54, 1.807) is 0 Å². The van der Waals surface area contributed by atoms with Crippen LogP contribution in [0.25, 0.3) is 11.0 Å². The van der Waals surface area contributed by atoms with Gasteiger partial charge in [0.25, 0.3) is 5.91 Å². The minimum absolute atomic E-state index is 0.126. The molecule has 4 rings (SSSR count). The summed E-state index contributed by atoms with van der Waals surface area (Å²) in [7, 11) is 0. The number of anilines is 2. The molecule has 27 heavy (non-hydrogen) atoms. The Bertz CT molecular complexity index is 1010. The first-order valence-corrected chi connectivity index (χ1v) is 9.30. The normalized spacial score (nSPS) is 17.1. The SMILES string of the molecule is CCc1ccc(N2C(=O)CC(Nc3nc4ccccc4n3CC)C2=O)cc1. The number of nitrogens with zero attached hydrogens (tertiary/aromatic N) is 3. The van der Waals surface area contributed by atoms with Crippen molar-refractivity contribution in [3.05, 3.63) is 54.1 Å². The Labute approximate surface area is 157 Å². The number of hydrogen-bond donors (Lipinski definition) is 1. The molecule has 1 aromatic heterocycles. The van der Waals surface area contributed by atoms with E-state index in [0.29, 0.717) is 11.6 Å². The summed E-state index contributed by atoms with van der Waals surface area (Å²) in [5.74, 6) is 0.188. The zero-order valence-electron chi connectivity index (χ0n) is 15.5. The van der Waals surface area contributed by atoms with Crippen molar-refractivity contribution in [1.82, 2.24) is 9.55 Å². The van der Waals surface area contributed by atoms with Gasteiger partial charge in [-0.1, -0.05) is 31.2 Å². The molecule has 1 N–H and O–H groups in total. The van der Waals surface area contributed by atoms with Gasteiger partial charge in [0.1, 0.15) is 6.04 Å². The van der Waals surface area contributed by atoms with Gasteiger partial charge in [-0.15, -0.1) is 0 Å². The van der Waals surface area contributed by atoms with Crippen LogP contribution >= 0.6 is 0 Å². The quantitative estimate of drug-likeness (QED) is 0.707. The molecule has 2 heterocycles. The number of imide groups is 1. The van der Waals surface area contributed by atoms with Crippen molar-refractivity contribution in [2.75, 3.05) is 10.2 Å². The van der Waals surface area contributed by atoms with Crippen LogP contribution in [0.2, 0.25) is 0 Å². The van der Waals surface area contributed by atoms with Crippen molar-refractivity contribution >= 4 is 34.5 Å². The standard InChI is InChI=1S/C21H22N4O2/c1-3-14-9-11-15(12-10-14)25-19(26)13-17(20(25)27)23-21-22-16-7-5-6-8-18(16)24(21)4-2/h5-12,17H,3-4,13H2,1-2H3,(H,22,23). The molecule has 2 amide bonds. The Morgan fingerprint density at radius 3 is 2.52 bits per heavy atom. The molecule has 3 aromatic rings. The van der Waals surface area contributed by atoms with Crippen molar-refractivity contribution in [2.45, 2.75) is 39.3 Å². The number of aromatic nitrogens is 2. The van der Waals surface area contributed by atoms with Crippen molar-refractivity contribution in [3.8, 4) is 0 Å². The van der Waals surface area contributed by atoms with E-state index in [0.717, 1.165) is 24.0 Å². The number of hydrogen-bond acceptors (Lipinski definition) is 4. The molecule has 0 bridgehead atoms. The highest BCUT2D eigenvalue weighted by Crippen LogP contribution is 2.26. The molecule has 6 heteroatoms. The minimum atomic E-state index is -0.606. The lowest BCUT2D eigenvalue weighted by molar-refractivity contribution is -0.121. The van der Waals surface area contributed by atoms with Gasteiger partial charge in [-0.2, -0.15) is 0 Å². The third kappa shape index (κ3) is 2.97. The molecule has 0 spiro atoms. The van der Waals surface area contributed by atoms with E-state index in [9.17, 15) is 9.59 Å². The number of amides is 2. The second-order valence-corrected chi connectivity index (χ2v) is 6.66. The molecule has 0 radical (unpaired) electrons. The Balaban J connectivity index is 1.60. The summed E-state index contributed by atoms with van der Waals surface area (Å²) in [6, 6.07) is 14.8. The van der Waals surface area contributed by atoms with Gasteiger partial charge in [0, 0.05) is 6.54 Å². The molecule has 1 saturated heterocycles. The van der Waals surface area contributed by atoms with Gasteiger partial charge >= 0.3 is 0 Å². The molecular formula is C21H22N4O2. The Kier molecular flexibility index (Phi) is 4.39. The highest BCUT2D eigenvalue weighted by atomic mass is 16.2. The van der Waals surface area contributed by atoms with E-state index in [4.69, 9.17) is 0 Å². The first-order valence-electron chi connectivity index (χ1n) is 9.30. The number of carbonyl (C=O) groups excluding carboxylic acids is 2. The Morgan fingerprint density at radius 2 is 1.81 bits per heavy atom. The fourth-order valence-electron chi connectivity index (χ4n) is 3.56. The van der Waals surface area contributed by atoms with Crippen LogP contribution in [-0.2, 0) is 22.6 Å². The molecule has 6 nitrogen and oxygen atoms in total. The monoisotopic (exact) mass is 362 g/mol. The van der Waals surface area contributed by atoms with E-state index >= 15 is 0 Å². The van der Waals surface area contributed by atoms with Crippen LogP contribution in [0, 0.1) is 0 Å². The van der Waals surface area contributed by atoms with Crippen LogP contribution in [0.4, 0.5) is 11.6 Å². The topological polar surface area (TPSA) is 67.2 Å². The predicted octanol–water partition coefficient (Wildman–Crippen LogP) is 3.36. The summed E-state index contributed by atoms with van der Waals surface area (Å²) in [5, 5.41) is 3.19. The Hall–Kier alpha value is -3.15. The molecule has 1 aliphatic rings. The molecule has 1 atom stereocenters. The average Bonchev–Trinajstić information content (AvgIpc) is 3.18. The van der Waals surface area contributed by atoms with E-state index in [-0.39, 0.29) is 18.2 Å². The zero-order chi connectivity index (χ0) is 19.0. The first kappa shape index (κ1) is 17.3. The van der Waals surface area contributed by atoms with Gasteiger partial charge < -0.3 is 9.88 Å². The minimum Gasteiger partial charge on any atom is -0.343 e. The van der Waals surface area contributed by atoms with E-state index in [1.807, 2.05) is 60.0 Å². The number of nitrogens with one attached hydrogen (secondary N) is 1. The molecule has 1 fully saturated rings. The number of rotatable bonds is 5. The maximum atomic E-state index is 12.9. The highest BCUT2D eigenvalue weighted by Gasteiger charge is 2.40. The van der Waals surface area contributed by atoms with Gasteiger partial charge in [-0.25, -0.2) is 9.88 Å². The van der Waals surface area contributed by atoms with Crippen LogP contribution in [0.1, 0.15) is 25.8 Å². The summed E-state index contributed by atoms with van der Waals surface area (Å²) in [6.07, 6.45) is 1.04. The second-order valence-electron chi connectivity index (χ2n) is 6.66. The van der Waals surface area contributed by atoms with Crippen LogP contribution in [0.3, 0.4) is 0 Å². The summed E-state index contributed by atoms with van der Waals surface area (Å²) < 4.78 is 2.02. The van der Waals surface area contributed by atoms with Gasteiger partial charge in [-0.3, -0.25) is 9.59 Å². The molecule has 2 aromatic carbocycles. The summed E-state index contributed by atoms with van der Waals surface area (Å²) in [4.78, 5) is 31.3.